The standard InChI is InChI=1S/C76H44F3N13/c77-76(78,79)71-74(91-62-13-5-1-9-54(62)55-10-2-6-14-63(55)91)72(89-66-21-17-46(50-33-81-41-82-34-50)29-58(66)59-30-47(18-22-67(59)89)51-35-83-42-84-36-51)70(45-25-27-80-28-26-45)73(75(71)92-64-15-7-3-11-56(64)57-12-4-8-16-65(57)92)90-68-23-19-48(52-37-85-43-86-38-52)31-60(68)61-32-49(20-24-69(61)90)53-39-87-44-88-40-53/h1-44H. The molecular weight excluding hydrogens is 1150 g/mol. The lowest BCUT2D eigenvalue weighted by atomic mass is 9.93. The number of rotatable bonds is 9. The van der Waals surface area contributed by atoms with Crippen molar-refractivity contribution < 1.29 is 13.2 Å². The van der Waals surface area contributed by atoms with E-state index >= 15 is 13.2 Å². The fourth-order valence-corrected chi connectivity index (χ4v) is 14.0. The summed E-state index contributed by atoms with van der Waals surface area (Å²) in [4.78, 5) is 39.8. The predicted octanol–water partition coefficient (Wildman–Crippen LogP) is 18.0. The molecule has 9 heterocycles. The van der Waals surface area contributed by atoms with Gasteiger partial charge in [-0.2, -0.15) is 13.2 Å². The Morgan fingerprint density at radius 1 is 0.239 bits per heavy atom. The van der Waals surface area contributed by atoms with E-state index in [1.807, 2.05) is 167 Å². The van der Waals surface area contributed by atoms with E-state index < -0.39 is 11.7 Å². The van der Waals surface area contributed by atoms with Crippen LogP contribution in [0.5, 0.6) is 0 Å². The molecular formula is C76H44F3N13. The van der Waals surface area contributed by atoms with Crippen LogP contribution in [0.1, 0.15) is 5.56 Å². The highest BCUT2D eigenvalue weighted by Crippen LogP contribution is 2.56. The normalized spacial score (nSPS) is 12.1. The number of hydrogen-bond donors (Lipinski definition) is 0. The van der Waals surface area contributed by atoms with Crippen LogP contribution in [0.15, 0.2) is 269 Å². The lowest BCUT2D eigenvalue weighted by molar-refractivity contribution is -0.137. The van der Waals surface area contributed by atoms with Gasteiger partial charge in [-0.1, -0.05) is 97.1 Å². The van der Waals surface area contributed by atoms with Crippen LogP contribution in [0.3, 0.4) is 0 Å². The Kier molecular flexibility index (Phi) is 11.7. The monoisotopic (exact) mass is 1200 g/mol. The largest absolute Gasteiger partial charge is 0.420 e. The van der Waals surface area contributed by atoms with Crippen LogP contribution in [-0.4, -0.2) is 63.1 Å². The second-order valence-corrected chi connectivity index (χ2v) is 22.7. The summed E-state index contributed by atoms with van der Waals surface area (Å²) in [5, 5.41) is 6.19. The predicted molar refractivity (Wildman–Crippen MR) is 356 cm³/mol. The number of para-hydroxylation sites is 4. The van der Waals surface area contributed by atoms with Gasteiger partial charge in [0, 0.05) is 133 Å². The number of hydrogen-bond acceptors (Lipinski definition) is 9. The smallest absolute Gasteiger partial charge is 0.306 e. The molecule has 0 unspecified atom stereocenters. The van der Waals surface area contributed by atoms with Crippen molar-refractivity contribution in [3.8, 4) is 78.4 Å². The van der Waals surface area contributed by atoms with Crippen LogP contribution in [0.2, 0.25) is 0 Å². The lowest BCUT2D eigenvalue weighted by Crippen LogP contribution is -2.22. The van der Waals surface area contributed by atoms with E-state index in [9.17, 15) is 0 Å². The minimum Gasteiger partial charge on any atom is -0.306 e. The molecule has 0 saturated heterocycles. The fourth-order valence-electron chi connectivity index (χ4n) is 14.0. The molecule has 9 aromatic heterocycles. The van der Waals surface area contributed by atoms with Crippen molar-refractivity contribution in [1.29, 1.82) is 0 Å². The third kappa shape index (κ3) is 8.03. The summed E-state index contributed by atoms with van der Waals surface area (Å²) in [6.07, 6.45) is 18.3. The number of aromatic nitrogens is 13. The first-order valence-corrected chi connectivity index (χ1v) is 29.7. The Bertz CT molecular complexity index is 5350. The molecule has 92 heavy (non-hydrogen) atoms. The Morgan fingerprint density at radius 2 is 0.500 bits per heavy atom. The van der Waals surface area contributed by atoms with Crippen LogP contribution in [0, 0.1) is 0 Å². The molecule has 0 fully saturated rings. The van der Waals surface area contributed by atoms with Crippen LogP contribution < -0.4 is 0 Å². The number of benzene rings is 9. The van der Waals surface area contributed by atoms with Gasteiger partial charge in [-0.05, 0) is 113 Å². The molecule has 13 nitrogen and oxygen atoms in total. The van der Waals surface area contributed by atoms with Crippen molar-refractivity contribution in [3.63, 3.8) is 0 Å². The quantitative estimate of drug-likeness (QED) is 0.138. The molecule has 0 N–H and O–H groups in total. The van der Waals surface area contributed by atoms with Crippen molar-refractivity contribution in [1.82, 2.24) is 63.1 Å². The van der Waals surface area contributed by atoms with Crippen molar-refractivity contribution in [2.45, 2.75) is 6.18 Å². The number of nitrogens with zero attached hydrogens (tertiary/aromatic N) is 13. The van der Waals surface area contributed by atoms with Gasteiger partial charge in [0.1, 0.15) is 30.9 Å². The third-order valence-corrected chi connectivity index (χ3v) is 17.8. The highest BCUT2D eigenvalue weighted by atomic mass is 19.4. The fraction of sp³-hybridized carbons (Fsp3) is 0.0132. The summed E-state index contributed by atoms with van der Waals surface area (Å²) in [5.41, 5.74) is 11.7. The summed E-state index contributed by atoms with van der Waals surface area (Å²) >= 11 is 0. The molecule has 16 heteroatoms. The summed E-state index contributed by atoms with van der Waals surface area (Å²) < 4.78 is 64.8. The zero-order valence-electron chi connectivity index (χ0n) is 48.4. The molecule has 18 rings (SSSR count). The van der Waals surface area contributed by atoms with Gasteiger partial charge >= 0.3 is 6.18 Å². The zero-order chi connectivity index (χ0) is 61.2. The molecule has 0 spiro atoms. The van der Waals surface area contributed by atoms with E-state index in [0.29, 0.717) is 55.3 Å². The first-order valence-electron chi connectivity index (χ1n) is 29.7. The molecule has 0 atom stereocenters. The van der Waals surface area contributed by atoms with Crippen molar-refractivity contribution in [2.24, 2.45) is 0 Å². The molecule has 0 saturated carbocycles. The van der Waals surface area contributed by atoms with E-state index in [4.69, 9.17) is 0 Å². The molecule has 434 valence electrons. The van der Waals surface area contributed by atoms with E-state index in [1.165, 1.54) is 25.3 Å². The van der Waals surface area contributed by atoms with Gasteiger partial charge in [-0.15, -0.1) is 0 Å². The molecule has 0 aliphatic heterocycles. The third-order valence-electron chi connectivity index (χ3n) is 17.8. The average Bonchev–Trinajstić information content (AvgIpc) is 1.01. The maximum absolute atomic E-state index is 19.0. The molecule has 0 aliphatic carbocycles. The summed E-state index contributed by atoms with van der Waals surface area (Å²) in [5.74, 6) is 0. The maximum Gasteiger partial charge on any atom is 0.420 e. The van der Waals surface area contributed by atoms with Gasteiger partial charge in [-0.25, -0.2) is 39.9 Å². The van der Waals surface area contributed by atoms with Gasteiger partial charge in [0.25, 0.3) is 0 Å². The van der Waals surface area contributed by atoms with Gasteiger partial charge in [0.2, 0.25) is 0 Å². The molecule has 0 radical (unpaired) electrons. The van der Waals surface area contributed by atoms with Crippen LogP contribution in [0.25, 0.3) is 166 Å². The average molecular weight is 1200 g/mol. The highest BCUT2D eigenvalue weighted by molar-refractivity contribution is 6.18. The number of pyridine rings is 1. The summed E-state index contributed by atoms with van der Waals surface area (Å²) in [6.45, 7) is 0. The van der Waals surface area contributed by atoms with E-state index in [0.717, 1.165) is 87.6 Å². The Labute approximate surface area is 520 Å². The molecule has 18 aromatic rings. The van der Waals surface area contributed by atoms with E-state index in [-0.39, 0.29) is 22.7 Å². The molecule has 0 aliphatic rings. The number of alkyl halides is 3. The topological polar surface area (TPSA) is 136 Å². The zero-order valence-corrected chi connectivity index (χ0v) is 48.4. The van der Waals surface area contributed by atoms with Crippen molar-refractivity contribution in [2.75, 3.05) is 0 Å². The highest BCUT2D eigenvalue weighted by Gasteiger charge is 2.45. The first-order chi connectivity index (χ1) is 45.3. The lowest BCUT2D eigenvalue weighted by Gasteiger charge is -2.31. The van der Waals surface area contributed by atoms with E-state index in [1.54, 1.807) is 62.0 Å². The Hall–Kier alpha value is -12.6. The minimum atomic E-state index is -5.12. The van der Waals surface area contributed by atoms with Gasteiger partial charge in [0.05, 0.1) is 66.9 Å². The molecule has 9 aromatic carbocycles. The molecule has 0 amide bonds. The van der Waals surface area contributed by atoms with Crippen molar-refractivity contribution >= 4 is 87.2 Å². The van der Waals surface area contributed by atoms with Gasteiger partial charge in [-0.3, -0.25) is 4.98 Å². The second-order valence-electron chi connectivity index (χ2n) is 22.7. The summed E-state index contributed by atoms with van der Waals surface area (Å²) in [7, 11) is 0. The first kappa shape index (κ1) is 52.6. The van der Waals surface area contributed by atoms with Gasteiger partial charge < -0.3 is 18.3 Å². The second kappa shape index (κ2) is 20.5. The van der Waals surface area contributed by atoms with Crippen LogP contribution >= 0.6 is 0 Å². The van der Waals surface area contributed by atoms with Crippen LogP contribution in [0.4, 0.5) is 13.2 Å². The maximum atomic E-state index is 19.0. The minimum absolute atomic E-state index is 0.0966. The number of fused-ring (bicyclic) bond motifs is 12. The number of halogens is 3. The van der Waals surface area contributed by atoms with Crippen molar-refractivity contribution in [3.05, 3.63) is 275 Å². The van der Waals surface area contributed by atoms with E-state index in [2.05, 4.69) is 78.3 Å². The Morgan fingerprint density at radius 3 is 0.783 bits per heavy atom. The molecule has 0 bridgehead atoms. The summed E-state index contributed by atoms with van der Waals surface area (Å²) in [6, 6.07) is 59.1. The van der Waals surface area contributed by atoms with Gasteiger partial charge in [0.15, 0.2) is 0 Å². The van der Waals surface area contributed by atoms with Crippen LogP contribution in [-0.2, 0) is 6.18 Å². The Balaban J connectivity index is 1.14. The SMILES string of the molecule is FC(F)(F)c1c(-n2c3ccccc3c3ccccc32)c(-n2c3ccc(-c4cncnc4)cc3c3cc(-c4cncnc4)ccc32)c(-c2ccncc2)c(-n2c3ccc(-c4cncnc4)cc3c3cc(-c4cncnc4)ccc32)c1-n1c2ccccc2c2ccccc21.